The molecule has 68 valence electrons. The first-order chi connectivity index (χ1) is 6.25. The van der Waals surface area contributed by atoms with E-state index in [0.29, 0.717) is 13.2 Å². The van der Waals surface area contributed by atoms with Crippen LogP contribution in [0.3, 0.4) is 0 Å². The van der Waals surface area contributed by atoms with E-state index < -0.39 is 5.97 Å². The maximum atomic E-state index is 10.4. The van der Waals surface area contributed by atoms with Gasteiger partial charge in [0, 0.05) is 0 Å². The number of benzene rings is 1. The fourth-order valence-corrected chi connectivity index (χ4v) is 1.51. The standard InChI is InChI=1S/C10H10O3/c11-10(12)4-7-1-2-8-5-13-6-9(8)3-7/h1-3H,4-6H2,(H,11,12). The van der Waals surface area contributed by atoms with E-state index in [1.165, 1.54) is 5.56 Å². The lowest BCUT2D eigenvalue weighted by Crippen LogP contribution is -2.00. The Labute approximate surface area is 76.0 Å². The Morgan fingerprint density at radius 1 is 1.38 bits per heavy atom. The molecule has 0 aliphatic carbocycles. The van der Waals surface area contributed by atoms with E-state index in [-0.39, 0.29) is 6.42 Å². The predicted molar refractivity (Wildman–Crippen MR) is 46.3 cm³/mol. The van der Waals surface area contributed by atoms with Crippen LogP contribution in [0.5, 0.6) is 0 Å². The Balaban J connectivity index is 2.25. The summed E-state index contributed by atoms with van der Waals surface area (Å²) in [5, 5.41) is 8.58. The minimum Gasteiger partial charge on any atom is -0.481 e. The van der Waals surface area contributed by atoms with Gasteiger partial charge in [-0.2, -0.15) is 0 Å². The predicted octanol–water partition coefficient (Wildman–Crippen LogP) is 1.34. The molecule has 1 aliphatic heterocycles. The van der Waals surface area contributed by atoms with E-state index in [4.69, 9.17) is 9.84 Å². The van der Waals surface area contributed by atoms with E-state index in [1.807, 2.05) is 18.2 Å². The number of fused-ring (bicyclic) bond motifs is 1. The molecule has 1 aromatic carbocycles. The van der Waals surface area contributed by atoms with E-state index in [0.717, 1.165) is 11.1 Å². The van der Waals surface area contributed by atoms with Crippen LogP contribution < -0.4 is 0 Å². The summed E-state index contributed by atoms with van der Waals surface area (Å²) in [5.74, 6) is -0.793. The van der Waals surface area contributed by atoms with E-state index >= 15 is 0 Å². The zero-order valence-electron chi connectivity index (χ0n) is 7.12. The Hall–Kier alpha value is -1.35. The Kier molecular flexibility index (Phi) is 2.02. The second kappa shape index (κ2) is 3.18. The molecule has 0 saturated carbocycles. The van der Waals surface area contributed by atoms with Crippen molar-refractivity contribution in [3.63, 3.8) is 0 Å². The van der Waals surface area contributed by atoms with Gasteiger partial charge in [-0.15, -0.1) is 0 Å². The largest absolute Gasteiger partial charge is 0.481 e. The fourth-order valence-electron chi connectivity index (χ4n) is 1.51. The zero-order valence-corrected chi connectivity index (χ0v) is 7.12. The molecule has 3 heteroatoms. The molecule has 1 aliphatic rings. The number of hydrogen-bond donors (Lipinski definition) is 1. The topological polar surface area (TPSA) is 46.5 Å². The summed E-state index contributed by atoms with van der Waals surface area (Å²) in [7, 11) is 0. The maximum absolute atomic E-state index is 10.4. The van der Waals surface area contributed by atoms with Crippen LogP contribution in [0.15, 0.2) is 18.2 Å². The summed E-state index contributed by atoms with van der Waals surface area (Å²) < 4.78 is 5.23. The third kappa shape index (κ3) is 1.70. The summed E-state index contributed by atoms with van der Waals surface area (Å²) in [5.41, 5.74) is 3.14. The average molecular weight is 178 g/mol. The van der Waals surface area contributed by atoms with Crippen molar-refractivity contribution in [1.29, 1.82) is 0 Å². The van der Waals surface area contributed by atoms with Gasteiger partial charge in [-0.1, -0.05) is 18.2 Å². The minimum absolute atomic E-state index is 0.0906. The number of aliphatic carboxylic acids is 1. The van der Waals surface area contributed by atoms with Gasteiger partial charge >= 0.3 is 5.97 Å². The van der Waals surface area contributed by atoms with Gasteiger partial charge in [0.15, 0.2) is 0 Å². The molecular weight excluding hydrogens is 168 g/mol. The Bertz CT molecular complexity index is 344. The number of hydrogen-bond acceptors (Lipinski definition) is 2. The molecule has 0 unspecified atom stereocenters. The fraction of sp³-hybridized carbons (Fsp3) is 0.300. The molecular formula is C10H10O3. The van der Waals surface area contributed by atoms with Crippen LogP contribution in [0.25, 0.3) is 0 Å². The molecule has 1 aromatic rings. The van der Waals surface area contributed by atoms with Crippen molar-refractivity contribution in [2.75, 3.05) is 0 Å². The van der Waals surface area contributed by atoms with Gasteiger partial charge in [0.2, 0.25) is 0 Å². The highest BCUT2D eigenvalue weighted by Crippen LogP contribution is 2.20. The summed E-state index contributed by atoms with van der Waals surface area (Å²) in [6.45, 7) is 1.27. The average Bonchev–Trinajstić information content (AvgIpc) is 2.49. The summed E-state index contributed by atoms with van der Waals surface area (Å²) >= 11 is 0. The zero-order chi connectivity index (χ0) is 9.26. The minimum atomic E-state index is -0.793. The highest BCUT2D eigenvalue weighted by atomic mass is 16.5. The molecule has 0 saturated heterocycles. The third-order valence-corrected chi connectivity index (χ3v) is 2.14. The highest BCUT2D eigenvalue weighted by molar-refractivity contribution is 5.70. The first-order valence-electron chi connectivity index (χ1n) is 4.16. The third-order valence-electron chi connectivity index (χ3n) is 2.14. The van der Waals surface area contributed by atoms with Crippen molar-refractivity contribution in [2.45, 2.75) is 19.6 Å². The molecule has 1 N–H and O–H groups in total. The number of rotatable bonds is 2. The molecule has 0 radical (unpaired) electrons. The van der Waals surface area contributed by atoms with E-state index in [2.05, 4.69) is 0 Å². The summed E-state index contributed by atoms with van der Waals surface area (Å²) in [6.07, 6.45) is 0.0906. The molecule has 0 fully saturated rings. The molecule has 3 nitrogen and oxygen atoms in total. The first-order valence-corrected chi connectivity index (χ1v) is 4.16. The van der Waals surface area contributed by atoms with Gasteiger partial charge in [0.05, 0.1) is 19.6 Å². The van der Waals surface area contributed by atoms with Crippen molar-refractivity contribution in [3.8, 4) is 0 Å². The molecule has 0 spiro atoms. The first kappa shape index (κ1) is 8.26. The SMILES string of the molecule is O=C(O)Cc1ccc2c(c1)COC2. The van der Waals surface area contributed by atoms with Gasteiger partial charge in [-0.25, -0.2) is 0 Å². The summed E-state index contributed by atoms with van der Waals surface area (Å²) in [4.78, 5) is 10.4. The quantitative estimate of drug-likeness (QED) is 0.743. The second-order valence-electron chi connectivity index (χ2n) is 3.17. The van der Waals surface area contributed by atoms with Crippen LogP contribution in [-0.4, -0.2) is 11.1 Å². The molecule has 1 heterocycles. The van der Waals surface area contributed by atoms with Crippen LogP contribution in [0, 0.1) is 0 Å². The maximum Gasteiger partial charge on any atom is 0.307 e. The van der Waals surface area contributed by atoms with Crippen LogP contribution in [-0.2, 0) is 29.2 Å². The van der Waals surface area contributed by atoms with Gasteiger partial charge < -0.3 is 9.84 Å². The molecule has 13 heavy (non-hydrogen) atoms. The summed E-state index contributed by atoms with van der Waals surface area (Å²) in [6, 6.07) is 5.71. The van der Waals surface area contributed by atoms with E-state index in [1.54, 1.807) is 0 Å². The van der Waals surface area contributed by atoms with E-state index in [9.17, 15) is 4.79 Å². The molecule has 0 atom stereocenters. The lowest BCUT2D eigenvalue weighted by atomic mass is 10.0. The second-order valence-corrected chi connectivity index (χ2v) is 3.17. The Morgan fingerprint density at radius 2 is 2.15 bits per heavy atom. The van der Waals surface area contributed by atoms with Gasteiger partial charge in [0.25, 0.3) is 0 Å². The Morgan fingerprint density at radius 3 is 2.92 bits per heavy atom. The molecule has 0 amide bonds. The monoisotopic (exact) mass is 178 g/mol. The van der Waals surface area contributed by atoms with Crippen molar-refractivity contribution in [1.82, 2.24) is 0 Å². The number of carbonyl (C=O) groups is 1. The smallest absolute Gasteiger partial charge is 0.307 e. The van der Waals surface area contributed by atoms with Gasteiger partial charge in [-0.05, 0) is 16.7 Å². The number of carboxylic acids is 1. The van der Waals surface area contributed by atoms with Crippen LogP contribution in [0.2, 0.25) is 0 Å². The number of ether oxygens (including phenoxy) is 1. The van der Waals surface area contributed by atoms with Crippen molar-refractivity contribution in [3.05, 3.63) is 34.9 Å². The normalized spacial score (nSPS) is 14.2. The lowest BCUT2D eigenvalue weighted by Gasteiger charge is -2.00. The van der Waals surface area contributed by atoms with Crippen molar-refractivity contribution >= 4 is 5.97 Å². The molecule has 2 rings (SSSR count). The van der Waals surface area contributed by atoms with Crippen LogP contribution in [0.4, 0.5) is 0 Å². The van der Waals surface area contributed by atoms with Crippen LogP contribution in [0.1, 0.15) is 16.7 Å². The van der Waals surface area contributed by atoms with Gasteiger partial charge in [-0.3, -0.25) is 4.79 Å². The van der Waals surface area contributed by atoms with Gasteiger partial charge in [0.1, 0.15) is 0 Å². The lowest BCUT2D eigenvalue weighted by molar-refractivity contribution is -0.136. The highest BCUT2D eigenvalue weighted by Gasteiger charge is 2.11. The molecule has 0 bridgehead atoms. The molecule has 0 aromatic heterocycles. The number of carboxylic acid groups (broad SMARTS) is 1. The van der Waals surface area contributed by atoms with Crippen molar-refractivity contribution < 1.29 is 14.6 Å². The van der Waals surface area contributed by atoms with Crippen LogP contribution >= 0.6 is 0 Å². The van der Waals surface area contributed by atoms with Crippen molar-refractivity contribution in [2.24, 2.45) is 0 Å².